The molecule has 152 valence electrons. The summed E-state index contributed by atoms with van der Waals surface area (Å²) in [6.45, 7) is -0.978. The average molecular weight is 386 g/mol. The Morgan fingerprint density at radius 1 is 0.889 bits per heavy atom. The SMILES string of the molecule is CCC[C@H]1CC[C@H]([C@H]2CC[C@H](c3cc(F)c(OC(F)F)c(F)c3)CC2)CC1. The molecule has 2 aliphatic carbocycles. The first-order valence-corrected chi connectivity index (χ1v) is 10.4. The second-order valence-electron chi connectivity index (χ2n) is 8.37. The van der Waals surface area contributed by atoms with Crippen molar-refractivity contribution in [3.05, 3.63) is 29.3 Å². The van der Waals surface area contributed by atoms with E-state index < -0.39 is 24.0 Å². The number of benzene rings is 1. The van der Waals surface area contributed by atoms with Crippen LogP contribution in [-0.2, 0) is 0 Å². The topological polar surface area (TPSA) is 9.23 Å². The van der Waals surface area contributed by atoms with Gasteiger partial charge in [0.2, 0.25) is 0 Å². The van der Waals surface area contributed by atoms with Crippen molar-refractivity contribution in [2.75, 3.05) is 0 Å². The van der Waals surface area contributed by atoms with Crippen LogP contribution in [0.5, 0.6) is 5.75 Å². The van der Waals surface area contributed by atoms with Gasteiger partial charge in [-0.3, -0.25) is 0 Å². The first-order chi connectivity index (χ1) is 13.0. The lowest BCUT2D eigenvalue weighted by molar-refractivity contribution is -0.0546. The molecule has 2 fully saturated rings. The summed E-state index contributed by atoms with van der Waals surface area (Å²) in [5, 5.41) is 0. The van der Waals surface area contributed by atoms with E-state index >= 15 is 0 Å². The molecular weight excluding hydrogens is 356 g/mol. The van der Waals surface area contributed by atoms with E-state index in [4.69, 9.17) is 0 Å². The number of hydrogen-bond donors (Lipinski definition) is 0. The molecule has 0 radical (unpaired) electrons. The molecule has 0 N–H and O–H groups in total. The maximum atomic E-state index is 14.0. The highest BCUT2D eigenvalue weighted by atomic mass is 19.3. The van der Waals surface area contributed by atoms with E-state index in [1.165, 1.54) is 50.7 Å². The molecule has 27 heavy (non-hydrogen) atoms. The van der Waals surface area contributed by atoms with Crippen molar-refractivity contribution in [1.82, 2.24) is 0 Å². The summed E-state index contributed by atoms with van der Waals surface area (Å²) in [6.07, 6.45) is 12.0. The van der Waals surface area contributed by atoms with Crippen LogP contribution in [-0.4, -0.2) is 6.61 Å². The second-order valence-corrected chi connectivity index (χ2v) is 8.37. The van der Waals surface area contributed by atoms with E-state index in [1.54, 1.807) is 0 Å². The summed E-state index contributed by atoms with van der Waals surface area (Å²) < 4.78 is 56.5. The Morgan fingerprint density at radius 2 is 1.41 bits per heavy atom. The smallest absolute Gasteiger partial charge is 0.387 e. The predicted octanol–water partition coefficient (Wildman–Crippen LogP) is 7.45. The van der Waals surface area contributed by atoms with Crippen molar-refractivity contribution in [2.24, 2.45) is 17.8 Å². The molecule has 1 aromatic carbocycles. The Labute approximate surface area is 159 Å². The molecule has 0 atom stereocenters. The molecule has 1 aromatic rings. The summed E-state index contributed by atoms with van der Waals surface area (Å²) in [5.41, 5.74) is 0.566. The minimum atomic E-state index is -3.23. The predicted molar refractivity (Wildman–Crippen MR) is 98.0 cm³/mol. The molecule has 1 nitrogen and oxygen atoms in total. The number of alkyl halides is 2. The molecule has 0 bridgehead atoms. The molecule has 2 aliphatic rings. The lowest BCUT2D eigenvalue weighted by atomic mass is 9.68. The normalized spacial score (nSPS) is 29.1. The lowest BCUT2D eigenvalue weighted by Crippen LogP contribution is -2.25. The van der Waals surface area contributed by atoms with Gasteiger partial charge in [-0.15, -0.1) is 0 Å². The molecule has 3 rings (SSSR count). The average Bonchev–Trinajstić information content (AvgIpc) is 2.65. The fraction of sp³-hybridized carbons (Fsp3) is 0.727. The van der Waals surface area contributed by atoms with E-state index in [-0.39, 0.29) is 5.92 Å². The van der Waals surface area contributed by atoms with Gasteiger partial charge in [0.1, 0.15) is 0 Å². The van der Waals surface area contributed by atoms with Gasteiger partial charge < -0.3 is 4.74 Å². The van der Waals surface area contributed by atoms with E-state index in [2.05, 4.69) is 11.7 Å². The quantitative estimate of drug-likeness (QED) is 0.461. The lowest BCUT2D eigenvalue weighted by Gasteiger charge is -2.38. The minimum Gasteiger partial charge on any atom is -0.429 e. The van der Waals surface area contributed by atoms with Gasteiger partial charge in [-0.2, -0.15) is 8.78 Å². The molecule has 0 heterocycles. The van der Waals surface area contributed by atoms with Crippen LogP contribution in [0.1, 0.15) is 82.6 Å². The third-order valence-electron chi connectivity index (χ3n) is 6.73. The van der Waals surface area contributed by atoms with Crippen LogP contribution >= 0.6 is 0 Å². The van der Waals surface area contributed by atoms with Gasteiger partial charge >= 0.3 is 6.61 Å². The van der Waals surface area contributed by atoms with E-state index in [1.807, 2.05) is 0 Å². The highest BCUT2D eigenvalue weighted by Crippen LogP contribution is 2.45. The van der Waals surface area contributed by atoms with Crippen molar-refractivity contribution < 1.29 is 22.3 Å². The standard InChI is InChI=1S/C22H30F4O/c1-2-3-14-4-6-15(7-5-14)16-8-10-17(11-9-16)18-12-19(23)21(20(24)13-18)27-22(25)26/h12-17,22H,2-11H2,1H3/t14-,15-,16-,17-. The summed E-state index contributed by atoms with van der Waals surface area (Å²) >= 11 is 0. The van der Waals surface area contributed by atoms with E-state index in [9.17, 15) is 17.6 Å². The number of hydrogen-bond acceptors (Lipinski definition) is 1. The van der Waals surface area contributed by atoms with Crippen LogP contribution in [0.25, 0.3) is 0 Å². The molecule has 0 saturated heterocycles. The van der Waals surface area contributed by atoms with Crippen molar-refractivity contribution in [1.29, 1.82) is 0 Å². The summed E-state index contributed by atoms with van der Waals surface area (Å²) in [4.78, 5) is 0. The zero-order valence-corrected chi connectivity index (χ0v) is 16.0. The van der Waals surface area contributed by atoms with Crippen molar-refractivity contribution in [2.45, 2.75) is 83.7 Å². The van der Waals surface area contributed by atoms with Gasteiger partial charge in [-0.1, -0.05) is 32.6 Å². The van der Waals surface area contributed by atoms with Crippen LogP contribution in [0, 0.1) is 29.4 Å². The third-order valence-corrected chi connectivity index (χ3v) is 6.73. The summed E-state index contributed by atoms with van der Waals surface area (Å²) in [6, 6.07) is 2.34. The Balaban J connectivity index is 1.55. The summed E-state index contributed by atoms with van der Waals surface area (Å²) in [7, 11) is 0. The van der Waals surface area contributed by atoms with Crippen LogP contribution in [0.2, 0.25) is 0 Å². The molecule has 0 unspecified atom stereocenters. The maximum Gasteiger partial charge on any atom is 0.387 e. The van der Waals surface area contributed by atoms with Gasteiger partial charge in [0.05, 0.1) is 0 Å². The van der Waals surface area contributed by atoms with E-state index in [0.717, 1.165) is 43.4 Å². The summed E-state index contributed by atoms with van der Waals surface area (Å²) in [5.74, 6) is -0.534. The fourth-order valence-corrected chi connectivity index (χ4v) is 5.30. The van der Waals surface area contributed by atoms with Crippen molar-refractivity contribution in [3.8, 4) is 5.75 Å². The van der Waals surface area contributed by atoms with Gasteiger partial charge in [-0.25, -0.2) is 8.78 Å². The number of ether oxygens (including phenoxy) is 1. The number of halogens is 4. The minimum absolute atomic E-state index is 0.0993. The molecule has 5 heteroatoms. The van der Waals surface area contributed by atoms with Crippen LogP contribution in [0.15, 0.2) is 12.1 Å². The Hall–Kier alpha value is -1.26. The van der Waals surface area contributed by atoms with Crippen LogP contribution in [0.3, 0.4) is 0 Å². The zero-order chi connectivity index (χ0) is 19.4. The Kier molecular flexibility index (Phi) is 7.04. The maximum absolute atomic E-state index is 14.0. The number of rotatable bonds is 6. The molecule has 0 aliphatic heterocycles. The van der Waals surface area contributed by atoms with Gasteiger partial charge in [-0.05, 0) is 79.9 Å². The molecule has 2 saturated carbocycles. The van der Waals surface area contributed by atoms with Crippen LogP contribution in [0.4, 0.5) is 17.6 Å². The van der Waals surface area contributed by atoms with Crippen molar-refractivity contribution in [3.63, 3.8) is 0 Å². The largest absolute Gasteiger partial charge is 0.429 e. The van der Waals surface area contributed by atoms with E-state index in [0.29, 0.717) is 5.56 Å². The fourth-order valence-electron chi connectivity index (χ4n) is 5.30. The Bertz CT molecular complexity index is 579. The molecule has 0 amide bonds. The molecule has 0 spiro atoms. The third kappa shape index (κ3) is 5.17. The zero-order valence-electron chi connectivity index (χ0n) is 16.0. The van der Waals surface area contributed by atoms with Crippen LogP contribution < -0.4 is 4.74 Å². The van der Waals surface area contributed by atoms with Gasteiger partial charge in [0, 0.05) is 0 Å². The monoisotopic (exact) mass is 386 g/mol. The Morgan fingerprint density at radius 3 is 1.89 bits per heavy atom. The molecule has 0 aromatic heterocycles. The molecular formula is C22H30F4O. The first-order valence-electron chi connectivity index (χ1n) is 10.4. The highest BCUT2D eigenvalue weighted by molar-refractivity contribution is 5.33. The highest BCUT2D eigenvalue weighted by Gasteiger charge is 2.31. The first kappa shape index (κ1) is 20.5. The van der Waals surface area contributed by atoms with Gasteiger partial charge in [0.25, 0.3) is 0 Å². The second kappa shape index (κ2) is 9.29. The van der Waals surface area contributed by atoms with Gasteiger partial charge in [0.15, 0.2) is 17.4 Å². The van der Waals surface area contributed by atoms with Crippen molar-refractivity contribution >= 4 is 0 Å².